The molecule has 321 valence electrons. The first-order chi connectivity index (χ1) is 29.9. The summed E-state index contributed by atoms with van der Waals surface area (Å²) in [5.74, 6) is 9.59. The maximum absolute atomic E-state index is 5.30. The molecule has 3 heterocycles. The number of hydrogen-bond donors (Lipinski definition) is 0. The second-order valence-electron chi connectivity index (χ2n) is 18.4. The first-order valence-corrected chi connectivity index (χ1v) is 30.2. The van der Waals surface area contributed by atoms with Crippen molar-refractivity contribution in [1.29, 1.82) is 0 Å². The topological polar surface area (TPSA) is 30.7 Å². The predicted octanol–water partition coefficient (Wildman–Crippen LogP) is 15.6. The Morgan fingerprint density at radius 3 is 1.87 bits per heavy atom. The van der Waals surface area contributed by atoms with E-state index in [-0.39, 0.29) is 20.1 Å². The van der Waals surface area contributed by atoms with Crippen molar-refractivity contribution in [2.75, 3.05) is 0 Å². The number of pyridine rings is 1. The fourth-order valence-corrected chi connectivity index (χ4v) is 12.6. The van der Waals surface area contributed by atoms with E-state index in [4.69, 9.17) is 9.97 Å². The second-order valence-corrected chi connectivity index (χ2v) is 29.9. The Morgan fingerprint density at radius 1 is 0.651 bits per heavy atom. The Balaban J connectivity index is 0.000000239. The van der Waals surface area contributed by atoms with Gasteiger partial charge >= 0.3 is 126 Å². The van der Waals surface area contributed by atoms with E-state index in [9.17, 15) is 0 Å². The van der Waals surface area contributed by atoms with E-state index < -0.39 is 13.3 Å². The van der Waals surface area contributed by atoms with Gasteiger partial charge in [0, 0.05) is 25.8 Å². The van der Waals surface area contributed by atoms with Crippen LogP contribution in [0, 0.1) is 17.4 Å². The fourth-order valence-electron chi connectivity index (χ4n) is 8.47. The van der Waals surface area contributed by atoms with E-state index in [1.165, 1.54) is 54.7 Å². The van der Waals surface area contributed by atoms with Gasteiger partial charge in [0.25, 0.3) is 0 Å². The molecule has 3 nitrogen and oxygen atoms in total. The summed E-state index contributed by atoms with van der Waals surface area (Å²) < 4.78 is 5.18. The SMILES string of the molecule is CC(C)Cc1cc(-c2[c-]cccc2)nc[c]1[Ge]([CH3])([CH3])[CH3].CC(C)c1cc(-c2ccccc2)cc(C(C)C)c1-n1c(-c2[c-]sc3ccc(-c4ccccc4)cc23)nc2ccccc21.[Ir]. The molecule has 0 amide bonds. The molecule has 6 heteroatoms. The van der Waals surface area contributed by atoms with Crippen molar-refractivity contribution in [2.24, 2.45) is 5.92 Å². The molecule has 0 aliphatic heterocycles. The molecule has 0 atom stereocenters. The number of rotatable bonds is 10. The van der Waals surface area contributed by atoms with E-state index in [2.05, 4.69) is 208 Å². The molecular weight excluding hydrogens is 1020 g/mol. The van der Waals surface area contributed by atoms with Gasteiger partial charge < -0.3 is 4.57 Å². The van der Waals surface area contributed by atoms with Crippen LogP contribution in [0.3, 0.4) is 0 Å². The molecule has 0 aliphatic rings. The van der Waals surface area contributed by atoms with E-state index >= 15 is 0 Å². The van der Waals surface area contributed by atoms with Crippen LogP contribution in [0.15, 0.2) is 152 Å². The Kier molecular flexibility index (Phi) is 14.5. The molecule has 0 spiro atoms. The minimum Gasteiger partial charge on any atom is -0.333 e. The number of aromatic nitrogens is 3. The molecule has 1 radical (unpaired) electrons. The smallest absolute Gasteiger partial charge is 0.0774 e. The van der Waals surface area contributed by atoms with Crippen molar-refractivity contribution in [2.45, 2.75) is 77.1 Å². The number of hydrogen-bond acceptors (Lipinski definition) is 3. The van der Waals surface area contributed by atoms with E-state index in [0.717, 1.165) is 40.1 Å². The summed E-state index contributed by atoms with van der Waals surface area (Å²) in [5, 5.41) is 4.86. The van der Waals surface area contributed by atoms with Crippen molar-refractivity contribution < 1.29 is 20.1 Å². The molecule has 0 saturated heterocycles. The summed E-state index contributed by atoms with van der Waals surface area (Å²) in [6, 6.07) is 55.0. The largest absolute Gasteiger partial charge is 0.333 e. The number of fused-ring (bicyclic) bond motifs is 2. The Bertz CT molecular complexity index is 2910. The zero-order valence-electron chi connectivity index (χ0n) is 38.0. The van der Waals surface area contributed by atoms with Crippen molar-refractivity contribution >= 4 is 50.1 Å². The van der Waals surface area contributed by atoms with Crippen molar-refractivity contribution in [3.05, 3.63) is 180 Å². The summed E-state index contributed by atoms with van der Waals surface area (Å²) >= 11 is -0.189. The second kappa shape index (κ2) is 19.9. The third-order valence-corrected chi connectivity index (χ3v) is 16.8. The van der Waals surface area contributed by atoms with Gasteiger partial charge in [-0.1, -0.05) is 134 Å². The molecule has 9 rings (SSSR count). The van der Waals surface area contributed by atoms with Gasteiger partial charge in [-0.2, -0.15) is 0 Å². The molecule has 0 bridgehead atoms. The van der Waals surface area contributed by atoms with Gasteiger partial charge in [-0.15, -0.1) is 5.39 Å². The molecular formula is C57H57GeIrN3S-2. The maximum Gasteiger partial charge on any atom is 0.0774 e. The van der Waals surface area contributed by atoms with Crippen LogP contribution in [0.25, 0.3) is 71.7 Å². The fraction of sp³-hybridized carbons (Fsp3) is 0.228. The van der Waals surface area contributed by atoms with Crippen LogP contribution in [-0.4, -0.2) is 27.8 Å². The number of thiophene rings is 1. The van der Waals surface area contributed by atoms with E-state index in [0.29, 0.717) is 17.8 Å². The monoisotopic (exact) mass is 1080 g/mol. The van der Waals surface area contributed by atoms with Crippen LogP contribution >= 0.6 is 11.3 Å². The van der Waals surface area contributed by atoms with Gasteiger partial charge in [0.15, 0.2) is 0 Å². The average Bonchev–Trinajstić information content (AvgIpc) is 3.87. The summed E-state index contributed by atoms with van der Waals surface area (Å²) in [4.78, 5) is 10.0. The van der Waals surface area contributed by atoms with Gasteiger partial charge in [0.05, 0.1) is 16.9 Å². The summed E-state index contributed by atoms with van der Waals surface area (Å²) in [6.07, 6.45) is 3.27. The molecule has 63 heavy (non-hydrogen) atoms. The van der Waals surface area contributed by atoms with Crippen LogP contribution in [0.4, 0.5) is 0 Å². The number of nitrogens with zero attached hydrogens (tertiary/aromatic N) is 3. The molecule has 0 aliphatic carbocycles. The third-order valence-electron chi connectivity index (χ3n) is 11.6. The van der Waals surface area contributed by atoms with Crippen LogP contribution in [0.5, 0.6) is 0 Å². The molecule has 0 unspecified atom stereocenters. The maximum atomic E-state index is 5.30. The Labute approximate surface area is 395 Å². The van der Waals surface area contributed by atoms with Gasteiger partial charge in [-0.3, -0.25) is 16.3 Å². The first kappa shape index (κ1) is 46.1. The van der Waals surface area contributed by atoms with Gasteiger partial charge in [-0.05, 0) is 69.5 Å². The third kappa shape index (κ3) is 10.1. The number of para-hydroxylation sites is 2. The molecule has 3 aromatic heterocycles. The van der Waals surface area contributed by atoms with Gasteiger partial charge in [0.1, 0.15) is 0 Å². The minimum atomic E-state index is -1.86. The van der Waals surface area contributed by atoms with E-state index in [1.807, 2.05) is 18.2 Å². The van der Waals surface area contributed by atoms with Crippen LogP contribution in [-0.2, 0) is 26.5 Å². The Morgan fingerprint density at radius 2 is 1.27 bits per heavy atom. The molecule has 9 aromatic rings. The Hall–Kier alpha value is -4.91. The van der Waals surface area contributed by atoms with Crippen LogP contribution in [0.1, 0.15) is 70.1 Å². The number of benzene rings is 6. The number of imidazole rings is 1. The zero-order chi connectivity index (χ0) is 43.5. The molecule has 0 N–H and O–H groups in total. The molecule has 6 aromatic carbocycles. The quantitative estimate of drug-likeness (QED) is 0.101. The molecule has 0 saturated carbocycles. The normalized spacial score (nSPS) is 11.6. The van der Waals surface area contributed by atoms with Crippen LogP contribution < -0.4 is 4.40 Å². The first-order valence-electron chi connectivity index (χ1n) is 22.0. The van der Waals surface area contributed by atoms with Gasteiger partial charge in [-0.25, -0.2) is 0 Å². The summed E-state index contributed by atoms with van der Waals surface area (Å²) in [5.41, 5.74) is 15.6. The zero-order valence-corrected chi connectivity index (χ0v) is 43.3. The predicted molar refractivity (Wildman–Crippen MR) is 270 cm³/mol. The summed E-state index contributed by atoms with van der Waals surface area (Å²) in [7, 11) is 0. The van der Waals surface area contributed by atoms with Gasteiger partial charge in [0.2, 0.25) is 0 Å². The standard InChI is InChI=1S/C39H33N2S.C18H24GeN.Ir/c1-25(2)31-22-30(28-15-9-6-10-16-28)23-32(26(3)4)38(31)41-36-18-12-11-17-35(36)40-39(41)34-24-42-37-20-19-29(21-33(34)37)27-13-7-5-8-14-27;1-14(2)11-16-12-18(15-9-7-6-8-10-15)20-13-17(16)19(3,4)5;/h5-23,25-26H,1-4H3;6-9,12-14H,11H2,1-5H3;/q2*-1;. The van der Waals surface area contributed by atoms with Crippen molar-refractivity contribution in [1.82, 2.24) is 14.5 Å². The van der Waals surface area contributed by atoms with Crippen molar-refractivity contribution in [3.8, 4) is 50.6 Å². The van der Waals surface area contributed by atoms with Crippen molar-refractivity contribution in [3.63, 3.8) is 0 Å². The average molecular weight is 1080 g/mol. The summed E-state index contributed by atoms with van der Waals surface area (Å²) in [6.45, 7) is 13.8. The van der Waals surface area contributed by atoms with E-state index in [1.54, 1.807) is 15.7 Å². The molecule has 0 fully saturated rings. The minimum absolute atomic E-state index is 0. The van der Waals surface area contributed by atoms with Crippen LogP contribution in [0.2, 0.25) is 17.3 Å².